The van der Waals surface area contributed by atoms with Gasteiger partial charge < -0.3 is 15.2 Å². The third-order valence-electron chi connectivity index (χ3n) is 2.20. The summed E-state index contributed by atoms with van der Waals surface area (Å²) in [6, 6.07) is 0. The predicted octanol–water partition coefficient (Wildman–Crippen LogP) is 0.886. The summed E-state index contributed by atoms with van der Waals surface area (Å²) in [6.07, 6.45) is 0.679. The second-order valence-electron chi connectivity index (χ2n) is 4.77. The molecule has 5 heteroatoms. The first kappa shape index (κ1) is 14.9. The molecule has 0 aliphatic heterocycles. The van der Waals surface area contributed by atoms with Crippen LogP contribution in [-0.2, 0) is 14.3 Å². The van der Waals surface area contributed by atoms with Crippen molar-refractivity contribution in [2.75, 3.05) is 20.3 Å². The standard InChI is InChI=1S/C11H21NO4/c1-11(2,3)8(10(14)15)9(13)12-6-5-7-16-4/h8H,5-7H2,1-4H3,(H,12,13)(H,14,15). The van der Waals surface area contributed by atoms with Crippen LogP contribution >= 0.6 is 0 Å². The molecule has 5 nitrogen and oxygen atoms in total. The third-order valence-corrected chi connectivity index (χ3v) is 2.20. The van der Waals surface area contributed by atoms with Gasteiger partial charge in [0.1, 0.15) is 5.92 Å². The Balaban J connectivity index is 4.26. The smallest absolute Gasteiger partial charge is 0.316 e. The zero-order chi connectivity index (χ0) is 12.8. The van der Waals surface area contributed by atoms with Gasteiger partial charge in [0.05, 0.1) is 0 Å². The number of aliphatic carboxylic acids is 1. The molecule has 16 heavy (non-hydrogen) atoms. The van der Waals surface area contributed by atoms with E-state index in [9.17, 15) is 9.59 Å². The number of carbonyl (C=O) groups is 2. The maximum atomic E-state index is 11.7. The summed E-state index contributed by atoms with van der Waals surface area (Å²) in [5.74, 6) is -2.54. The molecule has 0 heterocycles. The van der Waals surface area contributed by atoms with Gasteiger partial charge in [-0.1, -0.05) is 20.8 Å². The monoisotopic (exact) mass is 231 g/mol. The van der Waals surface area contributed by atoms with E-state index in [-0.39, 0.29) is 0 Å². The fraction of sp³-hybridized carbons (Fsp3) is 0.818. The van der Waals surface area contributed by atoms with Crippen LogP contribution < -0.4 is 5.32 Å². The second kappa shape index (κ2) is 6.48. The van der Waals surface area contributed by atoms with Gasteiger partial charge in [0.15, 0.2) is 0 Å². The maximum absolute atomic E-state index is 11.7. The van der Waals surface area contributed by atoms with Crippen molar-refractivity contribution >= 4 is 11.9 Å². The molecule has 0 aromatic rings. The lowest BCUT2D eigenvalue weighted by Gasteiger charge is -2.25. The van der Waals surface area contributed by atoms with Crippen molar-refractivity contribution < 1.29 is 19.4 Å². The minimum Gasteiger partial charge on any atom is -0.481 e. The molecular formula is C11H21NO4. The Morgan fingerprint density at radius 2 is 1.94 bits per heavy atom. The van der Waals surface area contributed by atoms with E-state index in [2.05, 4.69) is 5.32 Å². The highest BCUT2D eigenvalue weighted by atomic mass is 16.5. The van der Waals surface area contributed by atoms with Crippen molar-refractivity contribution in [3.05, 3.63) is 0 Å². The lowest BCUT2D eigenvalue weighted by Crippen LogP contribution is -2.43. The normalized spacial score (nSPS) is 13.2. The molecule has 1 unspecified atom stereocenters. The van der Waals surface area contributed by atoms with Crippen LogP contribution in [0.2, 0.25) is 0 Å². The summed E-state index contributed by atoms with van der Waals surface area (Å²) in [5.41, 5.74) is -0.586. The summed E-state index contributed by atoms with van der Waals surface area (Å²) in [6.45, 7) is 6.20. The molecule has 1 amide bonds. The fourth-order valence-corrected chi connectivity index (χ4v) is 1.41. The van der Waals surface area contributed by atoms with Gasteiger partial charge in [0.25, 0.3) is 0 Å². The first-order valence-corrected chi connectivity index (χ1v) is 5.30. The predicted molar refractivity (Wildman–Crippen MR) is 60.1 cm³/mol. The minimum atomic E-state index is -1.09. The van der Waals surface area contributed by atoms with Gasteiger partial charge in [0, 0.05) is 20.3 Å². The van der Waals surface area contributed by atoms with Crippen LogP contribution in [0.4, 0.5) is 0 Å². The highest BCUT2D eigenvalue weighted by Gasteiger charge is 2.37. The number of carboxylic acid groups (broad SMARTS) is 1. The molecular weight excluding hydrogens is 210 g/mol. The average molecular weight is 231 g/mol. The van der Waals surface area contributed by atoms with E-state index in [0.717, 1.165) is 0 Å². The Kier molecular flexibility index (Phi) is 6.03. The van der Waals surface area contributed by atoms with Gasteiger partial charge in [-0.05, 0) is 11.8 Å². The first-order chi connectivity index (χ1) is 7.30. The molecule has 0 aromatic heterocycles. The van der Waals surface area contributed by atoms with Crippen molar-refractivity contribution in [3.63, 3.8) is 0 Å². The number of carboxylic acids is 1. The molecule has 0 aliphatic rings. The number of carbonyl (C=O) groups excluding carboxylic acids is 1. The van der Waals surface area contributed by atoms with E-state index >= 15 is 0 Å². The van der Waals surface area contributed by atoms with E-state index in [1.165, 1.54) is 0 Å². The molecule has 2 N–H and O–H groups in total. The molecule has 0 aromatic carbocycles. The van der Waals surface area contributed by atoms with Crippen molar-refractivity contribution in [3.8, 4) is 0 Å². The van der Waals surface area contributed by atoms with E-state index in [4.69, 9.17) is 9.84 Å². The molecule has 0 saturated carbocycles. The number of ether oxygens (including phenoxy) is 1. The van der Waals surface area contributed by atoms with Crippen molar-refractivity contribution in [2.45, 2.75) is 27.2 Å². The van der Waals surface area contributed by atoms with Crippen LogP contribution in [0.25, 0.3) is 0 Å². The van der Waals surface area contributed by atoms with Gasteiger partial charge in [-0.3, -0.25) is 9.59 Å². The summed E-state index contributed by atoms with van der Waals surface area (Å²) >= 11 is 0. The molecule has 0 bridgehead atoms. The molecule has 1 atom stereocenters. The second-order valence-corrected chi connectivity index (χ2v) is 4.77. The van der Waals surface area contributed by atoms with Gasteiger partial charge >= 0.3 is 5.97 Å². The molecule has 0 radical (unpaired) electrons. The van der Waals surface area contributed by atoms with Crippen molar-refractivity contribution in [1.29, 1.82) is 0 Å². The number of amides is 1. The van der Waals surface area contributed by atoms with Crippen LogP contribution in [0.5, 0.6) is 0 Å². The summed E-state index contributed by atoms with van der Waals surface area (Å²) < 4.78 is 4.83. The van der Waals surface area contributed by atoms with Crippen LogP contribution in [0, 0.1) is 11.3 Å². The van der Waals surface area contributed by atoms with Crippen molar-refractivity contribution in [2.24, 2.45) is 11.3 Å². The van der Waals surface area contributed by atoms with Gasteiger partial charge in [-0.15, -0.1) is 0 Å². The van der Waals surface area contributed by atoms with Crippen LogP contribution in [0.15, 0.2) is 0 Å². The van der Waals surface area contributed by atoms with E-state index < -0.39 is 23.2 Å². The number of hydrogen-bond acceptors (Lipinski definition) is 3. The largest absolute Gasteiger partial charge is 0.481 e. The Labute approximate surface area is 96.2 Å². The van der Waals surface area contributed by atoms with Gasteiger partial charge in [-0.25, -0.2) is 0 Å². The molecule has 0 fully saturated rings. The van der Waals surface area contributed by atoms with Gasteiger partial charge in [-0.2, -0.15) is 0 Å². The number of hydrogen-bond donors (Lipinski definition) is 2. The van der Waals surface area contributed by atoms with Crippen molar-refractivity contribution in [1.82, 2.24) is 5.32 Å². The van der Waals surface area contributed by atoms with E-state index in [0.29, 0.717) is 19.6 Å². The Bertz CT molecular complexity index is 245. The Morgan fingerprint density at radius 1 is 1.38 bits per heavy atom. The fourth-order valence-electron chi connectivity index (χ4n) is 1.41. The zero-order valence-electron chi connectivity index (χ0n) is 10.4. The molecule has 0 saturated heterocycles. The van der Waals surface area contributed by atoms with Crippen LogP contribution in [0.1, 0.15) is 27.2 Å². The summed E-state index contributed by atoms with van der Waals surface area (Å²) in [4.78, 5) is 22.7. The number of rotatable bonds is 6. The zero-order valence-corrected chi connectivity index (χ0v) is 10.4. The summed E-state index contributed by atoms with van der Waals surface area (Å²) in [5, 5.41) is 11.6. The number of methoxy groups -OCH3 is 1. The highest BCUT2D eigenvalue weighted by molar-refractivity contribution is 5.97. The third kappa shape index (κ3) is 5.11. The molecule has 94 valence electrons. The lowest BCUT2D eigenvalue weighted by molar-refractivity contribution is -0.151. The Hall–Kier alpha value is -1.10. The molecule has 0 rings (SSSR count). The Morgan fingerprint density at radius 3 is 2.31 bits per heavy atom. The van der Waals surface area contributed by atoms with Gasteiger partial charge in [0.2, 0.25) is 5.91 Å². The lowest BCUT2D eigenvalue weighted by atomic mass is 9.80. The van der Waals surface area contributed by atoms with Crippen LogP contribution in [-0.4, -0.2) is 37.2 Å². The number of nitrogens with one attached hydrogen (secondary N) is 1. The molecule has 0 spiro atoms. The quantitative estimate of drug-likeness (QED) is 0.525. The topological polar surface area (TPSA) is 75.6 Å². The van der Waals surface area contributed by atoms with E-state index in [1.54, 1.807) is 27.9 Å². The average Bonchev–Trinajstić information content (AvgIpc) is 2.09. The van der Waals surface area contributed by atoms with Crippen LogP contribution in [0.3, 0.4) is 0 Å². The summed E-state index contributed by atoms with van der Waals surface area (Å²) in [7, 11) is 1.58. The SMILES string of the molecule is COCCCNC(=O)C(C(=O)O)C(C)(C)C. The molecule has 0 aliphatic carbocycles. The highest BCUT2D eigenvalue weighted by Crippen LogP contribution is 2.26. The van der Waals surface area contributed by atoms with E-state index in [1.807, 2.05) is 0 Å². The first-order valence-electron chi connectivity index (χ1n) is 5.30. The maximum Gasteiger partial charge on any atom is 0.316 e. The minimum absolute atomic E-state index is 0.434.